The van der Waals surface area contributed by atoms with Gasteiger partial charge in [0.25, 0.3) is 0 Å². The number of epoxide rings is 1. The third-order valence-electron chi connectivity index (χ3n) is 2.09. The van der Waals surface area contributed by atoms with Crippen LogP contribution < -0.4 is 0 Å². The minimum atomic E-state index is -1.56. The maximum atomic E-state index is 10.4. The van der Waals surface area contributed by atoms with E-state index in [0.717, 1.165) is 0 Å². The minimum Gasteiger partial charge on any atom is -0.479 e. The van der Waals surface area contributed by atoms with Crippen LogP contribution in [0.25, 0.3) is 0 Å². The molecule has 1 saturated heterocycles. The van der Waals surface area contributed by atoms with Gasteiger partial charge in [-0.05, 0) is 13.8 Å². The summed E-state index contributed by atoms with van der Waals surface area (Å²) in [5.41, 5.74) is -3.11. The first-order valence-electron chi connectivity index (χ1n) is 3.01. The normalized spacial score (nSPS) is 41.6. The van der Waals surface area contributed by atoms with Crippen LogP contribution in [0.15, 0.2) is 0 Å². The van der Waals surface area contributed by atoms with Gasteiger partial charge in [-0.2, -0.15) is 0 Å². The summed E-state index contributed by atoms with van der Waals surface area (Å²) in [4.78, 5) is 20.8. The number of aliphatic carboxylic acids is 2. The van der Waals surface area contributed by atoms with Crippen LogP contribution in [-0.2, 0) is 14.3 Å². The van der Waals surface area contributed by atoms with E-state index in [0.29, 0.717) is 0 Å². The van der Waals surface area contributed by atoms with Gasteiger partial charge in [-0.25, -0.2) is 9.59 Å². The Hall–Kier alpha value is -1.10. The van der Waals surface area contributed by atoms with Gasteiger partial charge in [0.15, 0.2) is 0 Å². The van der Waals surface area contributed by atoms with E-state index in [1.807, 2.05) is 0 Å². The summed E-state index contributed by atoms with van der Waals surface area (Å²) in [6.07, 6.45) is 0. The third-order valence-corrected chi connectivity index (χ3v) is 2.09. The smallest absolute Gasteiger partial charge is 0.339 e. The second kappa shape index (κ2) is 1.73. The van der Waals surface area contributed by atoms with Crippen molar-refractivity contribution in [1.29, 1.82) is 0 Å². The molecule has 0 saturated carbocycles. The van der Waals surface area contributed by atoms with Crippen LogP contribution in [0, 0.1) is 0 Å². The van der Waals surface area contributed by atoms with E-state index in [1.54, 1.807) is 0 Å². The molecular weight excluding hydrogens is 152 g/mol. The molecule has 0 amide bonds. The van der Waals surface area contributed by atoms with Crippen molar-refractivity contribution in [2.45, 2.75) is 25.0 Å². The molecule has 2 atom stereocenters. The van der Waals surface area contributed by atoms with Gasteiger partial charge in [0, 0.05) is 0 Å². The number of hydrogen-bond acceptors (Lipinski definition) is 3. The fraction of sp³-hybridized carbons (Fsp3) is 0.667. The van der Waals surface area contributed by atoms with E-state index in [9.17, 15) is 9.59 Å². The van der Waals surface area contributed by atoms with Gasteiger partial charge >= 0.3 is 11.9 Å². The summed E-state index contributed by atoms with van der Waals surface area (Å²) < 4.78 is 4.62. The number of carboxylic acid groups (broad SMARTS) is 2. The van der Waals surface area contributed by atoms with Crippen LogP contribution in [0.4, 0.5) is 0 Å². The molecule has 0 bridgehead atoms. The van der Waals surface area contributed by atoms with E-state index in [2.05, 4.69) is 4.74 Å². The van der Waals surface area contributed by atoms with Crippen molar-refractivity contribution >= 4 is 11.9 Å². The summed E-state index contributed by atoms with van der Waals surface area (Å²) in [6.45, 7) is 2.48. The lowest BCUT2D eigenvalue weighted by atomic mass is 9.97. The standard InChI is InChI=1S/C6H8O5/c1-5(3(7)8)6(2,11-5)4(9)10/h1-2H3,(H,7,8)(H,9,10). The van der Waals surface area contributed by atoms with E-state index in [1.165, 1.54) is 13.8 Å². The predicted octanol–water partition coefficient (Wildman–Crippen LogP) is -0.297. The number of hydrogen-bond donors (Lipinski definition) is 2. The van der Waals surface area contributed by atoms with Crippen molar-refractivity contribution in [3.8, 4) is 0 Å². The lowest BCUT2D eigenvalue weighted by Gasteiger charge is -2.01. The molecule has 0 aromatic carbocycles. The molecule has 2 unspecified atom stereocenters. The van der Waals surface area contributed by atoms with E-state index >= 15 is 0 Å². The highest BCUT2D eigenvalue weighted by Gasteiger charge is 2.74. The van der Waals surface area contributed by atoms with Gasteiger partial charge < -0.3 is 14.9 Å². The Kier molecular flexibility index (Phi) is 1.26. The molecule has 1 aliphatic heterocycles. The summed E-state index contributed by atoms with van der Waals surface area (Å²) >= 11 is 0. The monoisotopic (exact) mass is 160 g/mol. The lowest BCUT2D eigenvalue weighted by molar-refractivity contribution is -0.145. The van der Waals surface area contributed by atoms with Crippen LogP contribution in [-0.4, -0.2) is 33.4 Å². The third kappa shape index (κ3) is 0.742. The Balaban J connectivity index is 2.87. The zero-order valence-electron chi connectivity index (χ0n) is 6.12. The van der Waals surface area contributed by atoms with Gasteiger partial charge in [-0.15, -0.1) is 0 Å². The first-order chi connectivity index (χ1) is 4.84. The number of carboxylic acids is 2. The maximum absolute atomic E-state index is 10.4. The Morgan fingerprint density at radius 1 is 1.09 bits per heavy atom. The lowest BCUT2D eigenvalue weighted by Crippen LogP contribution is -2.34. The van der Waals surface area contributed by atoms with Crippen LogP contribution in [0.1, 0.15) is 13.8 Å². The topological polar surface area (TPSA) is 87.1 Å². The largest absolute Gasteiger partial charge is 0.479 e. The Labute approximate surface area is 62.6 Å². The molecule has 0 spiro atoms. The average Bonchev–Trinajstić information content (AvgIpc) is 2.39. The molecule has 0 aromatic heterocycles. The zero-order chi connectivity index (χ0) is 8.86. The van der Waals surface area contributed by atoms with Crippen LogP contribution in [0.2, 0.25) is 0 Å². The summed E-state index contributed by atoms with van der Waals surface area (Å²) in [5.74, 6) is -2.50. The van der Waals surface area contributed by atoms with Crippen molar-refractivity contribution < 1.29 is 24.5 Å². The summed E-state index contributed by atoms with van der Waals surface area (Å²) in [7, 11) is 0. The first-order valence-corrected chi connectivity index (χ1v) is 3.01. The molecule has 11 heavy (non-hydrogen) atoms. The molecule has 5 nitrogen and oxygen atoms in total. The highest BCUT2D eigenvalue weighted by Crippen LogP contribution is 2.47. The molecule has 0 aromatic rings. The van der Waals surface area contributed by atoms with E-state index in [-0.39, 0.29) is 0 Å². The number of ether oxygens (including phenoxy) is 1. The molecule has 1 fully saturated rings. The minimum absolute atomic E-state index is 1.24. The van der Waals surface area contributed by atoms with Crippen molar-refractivity contribution in [2.75, 3.05) is 0 Å². The second-order valence-electron chi connectivity index (χ2n) is 2.78. The number of carbonyl (C=O) groups is 2. The van der Waals surface area contributed by atoms with Gasteiger partial charge in [0.2, 0.25) is 11.2 Å². The Morgan fingerprint density at radius 2 is 1.36 bits per heavy atom. The van der Waals surface area contributed by atoms with Crippen LogP contribution in [0.5, 0.6) is 0 Å². The molecule has 5 heteroatoms. The summed E-state index contributed by atoms with van der Waals surface area (Å²) in [5, 5.41) is 17.0. The predicted molar refractivity (Wildman–Crippen MR) is 33.2 cm³/mol. The summed E-state index contributed by atoms with van der Waals surface area (Å²) in [6, 6.07) is 0. The van der Waals surface area contributed by atoms with Crippen LogP contribution in [0.3, 0.4) is 0 Å². The van der Waals surface area contributed by atoms with Crippen molar-refractivity contribution in [3.05, 3.63) is 0 Å². The highest BCUT2D eigenvalue weighted by atomic mass is 16.7. The Bertz CT molecular complexity index is 211. The molecule has 1 rings (SSSR count). The molecule has 1 heterocycles. The molecule has 1 aliphatic rings. The zero-order valence-corrected chi connectivity index (χ0v) is 6.12. The first kappa shape index (κ1) is 8.00. The van der Waals surface area contributed by atoms with Crippen molar-refractivity contribution in [3.63, 3.8) is 0 Å². The maximum Gasteiger partial charge on any atom is 0.339 e. The molecule has 0 radical (unpaired) electrons. The van der Waals surface area contributed by atoms with E-state index in [4.69, 9.17) is 10.2 Å². The van der Waals surface area contributed by atoms with Crippen molar-refractivity contribution in [1.82, 2.24) is 0 Å². The molecule has 0 aliphatic carbocycles. The van der Waals surface area contributed by atoms with Gasteiger partial charge in [-0.3, -0.25) is 0 Å². The average molecular weight is 160 g/mol. The molecule has 2 N–H and O–H groups in total. The SMILES string of the molecule is CC1(C(=O)O)OC1(C)C(=O)O. The van der Waals surface area contributed by atoms with Gasteiger partial charge in [0.05, 0.1) is 0 Å². The highest BCUT2D eigenvalue weighted by molar-refractivity contribution is 5.95. The quantitative estimate of drug-likeness (QED) is 0.541. The molecular formula is C6H8O5. The van der Waals surface area contributed by atoms with Gasteiger partial charge in [-0.1, -0.05) is 0 Å². The molecule has 62 valence electrons. The fourth-order valence-corrected chi connectivity index (χ4v) is 0.878. The second-order valence-corrected chi connectivity index (χ2v) is 2.78. The van der Waals surface area contributed by atoms with Crippen LogP contribution >= 0.6 is 0 Å². The number of rotatable bonds is 2. The van der Waals surface area contributed by atoms with Gasteiger partial charge in [0.1, 0.15) is 0 Å². The van der Waals surface area contributed by atoms with Crippen molar-refractivity contribution in [2.24, 2.45) is 0 Å². The van der Waals surface area contributed by atoms with E-state index < -0.39 is 23.1 Å². The Morgan fingerprint density at radius 3 is 1.45 bits per heavy atom. The fourth-order valence-electron chi connectivity index (χ4n) is 0.878.